The summed E-state index contributed by atoms with van der Waals surface area (Å²) in [4.78, 5) is 11.6. The van der Waals surface area contributed by atoms with Gasteiger partial charge in [-0.2, -0.15) is 0 Å². The van der Waals surface area contributed by atoms with E-state index in [1.54, 1.807) is 0 Å². The molecule has 0 aromatic carbocycles. The predicted molar refractivity (Wildman–Crippen MR) is 69.9 cm³/mol. The van der Waals surface area contributed by atoms with E-state index in [1.807, 2.05) is 6.92 Å². The minimum absolute atomic E-state index is 0.0494. The van der Waals surface area contributed by atoms with Gasteiger partial charge in [-0.05, 0) is 38.6 Å². The third-order valence-corrected chi connectivity index (χ3v) is 3.57. The Balaban J connectivity index is 2.43. The zero-order valence-electron chi connectivity index (χ0n) is 11.3. The molecule has 1 saturated carbocycles. The molecule has 1 rings (SSSR count). The fourth-order valence-corrected chi connectivity index (χ4v) is 2.67. The number of hydrogen-bond donors (Lipinski definition) is 1. The number of nitrogens with one attached hydrogen (secondary N) is 1. The van der Waals surface area contributed by atoms with Crippen LogP contribution in [0.3, 0.4) is 0 Å². The van der Waals surface area contributed by atoms with Gasteiger partial charge in [0.1, 0.15) is 0 Å². The number of rotatable bonds is 7. The highest BCUT2D eigenvalue weighted by Gasteiger charge is 2.25. The average Bonchev–Trinajstić information content (AvgIpc) is 2.36. The molecule has 3 heteroatoms. The Kier molecular flexibility index (Phi) is 7.25. The van der Waals surface area contributed by atoms with E-state index in [2.05, 4.69) is 12.2 Å². The molecule has 1 aliphatic carbocycles. The molecule has 1 fully saturated rings. The summed E-state index contributed by atoms with van der Waals surface area (Å²) in [7, 11) is 0. The van der Waals surface area contributed by atoms with E-state index in [4.69, 9.17) is 4.74 Å². The van der Waals surface area contributed by atoms with Crippen molar-refractivity contribution in [2.75, 3.05) is 13.2 Å². The number of carbonyl (C=O) groups is 1. The molecule has 0 radical (unpaired) electrons. The standard InChI is InChI=1S/C14H27NO2/c1-3-10-15-13(11-14(16)17-4-2)12-8-6-5-7-9-12/h12-13,15H,3-11H2,1-2H3. The molecule has 0 spiro atoms. The van der Waals surface area contributed by atoms with Crippen LogP contribution < -0.4 is 5.32 Å². The van der Waals surface area contributed by atoms with Gasteiger partial charge in [0.15, 0.2) is 0 Å². The van der Waals surface area contributed by atoms with Gasteiger partial charge in [-0.25, -0.2) is 0 Å². The Hall–Kier alpha value is -0.570. The van der Waals surface area contributed by atoms with Gasteiger partial charge in [0.05, 0.1) is 13.0 Å². The van der Waals surface area contributed by atoms with Crippen LogP contribution in [-0.2, 0) is 9.53 Å². The Labute approximate surface area is 105 Å². The lowest BCUT2D eigenvalue weighted by molar-refractivity contribution is -0.144. The smallest absolute Gasteiger partial charge is 0.307 e. The summed E-state index contributed by atoms with van der Waals surface area (Å²) >= 11 is 0. The third-order valence-electron chi connectivity index (χ3n) is 3.57. The van der Waals surface area contributed by atoms with Crippen molar-refractivity contribution in [3.8, 4) is 0 Å². The van der Waals surface area contributed by atoms with Crippen LogP contribution in [0.2, 0.25) is 0 Å². The van der Waals surface area contributed by atoms with E-state index >= 15 is 0 Å². The van der Waals surface area contributed by atoms with Crippen molar-refractivity contribution < 1.29 is 9.53 Å². The van der Waals surface area contributed by atoms with Crippen molar-refractivity contribution in [3.63, 3.8) is 0 Å². The van der Waals surface area contributed by atoms with Gasteiger partial charge in [0, 0.05) is 6.04 Å². The minimum Gasteiger partial charge on any atom is -0.466 e. The van der Waals surface area contributed by atoms with Crippen LogP contribution in [0.15, 0.2) is 0 Å². The largest absolute Gasteiger partial charge is 0.466 e. The highest BCUT2D eigenvalue weighted by atomic mass is 16.5. The topological polar surface area (TPSA) is 38.3 Å². The molecule has 0 bridgehead atoms. The van der Waals surface area contributed by atoms with Crippen LogP contribution >= 0.6 is 0 Å². The maximum Gasteiger partial charge on any atom is 0.307 e. The summed E-state index contributed by atoms with van der Waals surface area (Å²) in [6.07, 6.45) is 8.18. The highest BCUT2D eigenvalue weighted by molar-refractivity contribution is 5.70. The molecule has 100 valence electrons. The molecule has 1 atom stereocenters. The zero-order chi connectivity index (χ0) is 12.5. The Morgan fingerprint density at radius 3 is 2.59 bits per heavy atom. The summed E-state index contributed by atoms with van der Waals surface area (Å²) in [5.74, 6) is 0.617. The summed E-state index contributed by atoms with van der Waals surface area (Å²) in [5, 5.41) is 3.53. The first-order valence-corrected chi connectivity index (χ1v) is 7.16. The van der Waals surface area contributed by atoms with Crippen molar-refractivity contribution in [3.05, 3.63) is 0 Å². The molecular formula is C14H27NO2. The van der Waals surface area contributed by atoms with Crippen molar-refractivity contribution in [2.24, 2.45) is 5.92 Å². The van der Waals surface area contributed by atoms with Crippen LogP contribution in [-0.4, -0.2) is 25.2 Å². The molecule has 0 amide bonds. The summed E-state index contributed by atoms with van der Waals surface area (Å²) in [6, 6.07) is 0.328. The molecule has 1 N–H and O–H groups in total. The zero-order valence-corrected chi connectivity index (χ0v) is 11.3. The van der Waals surface area contributed by atoms with Gasteiger partial charge in [-0.15, -0.1) is 0 Å². The molecule has 0 aliphatic heterocycles. The molecule has 17 heavy (non-hydrogen) atoms. The lowest BCUT2D eigenvalue weighted by Crippen LogP contribution is -2.39. The van der Waals surface area contributed by atoms with Crippen LogP contribution in [0.1, 0.15) is 58.8 Å². The number of ether oxygens (including phenoxy) is 1. The van der Waals surface area contributed by atoms with E-state index < -0.39 is 0 Å². The highest BCUT2D eigenvalue weighted by Crippen LogP contribution is 2.28. The first-order chi connectivity index (χ1) is 8.27. The number of hydrogen-bond acceptors (Lipinski definition) is 3. The molecule has 0 heterocycles. The molecular weight excluding hydrogens is 214 g/mol. The SMILES string of the molecule is CCCNC(CC(=O)OCC)C1CCCCC1. The lowest BCUT2D eigenvalue weighted by atomic mass is 9.82. The van der Waals surface area contributed by atoms with Crippen molar-refractivity contribution in [1.82, 2.24) is 5.32 Å². The van der Waals surface area contributed by atoms with Crippen molar-refractivity contribution in [1.29, 1.82) is 0 Å². The second-order valence-corrected chi connectivity index (χ2v) is 4.97. The van der Waals surface area contributed by atoms with Gasteiger partial charge in [-0.3, -0.25) is 4.79 Å². The van der Waals surface area contributed by atoms with E-state index in [0.29, 0.717) is 25.0 Å². The van der Waals surface area contributed by atoms with E-state index in [0.717, 1.165) is 13.0 Å². The molecule has 1 aliphatic rings. The Morgan fingerprint density at radius 2 is 2.00 bits per heavy atom. The predicted octanol–water partition coefficient (Wildman–Crippen LogP) is 2.89. The van der Waals surface area contributed by atoms with E-state index in [1.165, 1.54) is 32.1 Å². The molecule has 1 unspecified atom stereocenters. The molecule has 3 nitrogen and oxygen atoms in total. The fourth-order valence-electron chi connectivity index (χ4n) is 2.67. The second-order valence-electron chi connectivity index (χ2n) is 4.97. The Morgan fingerprint density at radius 1 is 1.29 bits per heavy atom. The van der Waals surface area contributed by atoms with Crippen LogP contribution in [0.5, 0.6) is 0 Å². The Bertz CT molecular complexity index is 212. The van der Waals surface area contributed by atoms with E-state index in [9.17, 15) is 4.79 Å². The van der Waals surface area contributed by atoms with Crippen LogP contribution in [0.4, 0.5) is 0 Å². The van der Waals surface area contributed by atoms with E-state index in [-0.39, 0.29) is 5.97 Å². The van der Waals surface area contributed by atoms with Gasteiger partial charge in [-0.1, -0.05) is 26.2 Å². The van der Waals surface area contributed by atoms with Crippen LogP contribution in [0.25, 0.3) is 0 Å². The maximum absolute atomic E-state index is 11.6. The maximum atomic E-state index is 11.6. The summed E-state index contributed by atoms with van der Waals surface area (Å²) < 4.78 is 5.06. The minimum atomic E-state index is -0.0494. The first kappa shape index (κ1) is 14.5. The van der Waals surface area contributed by atoms with Gasteiger partial charge in [0.25, 0.3) is 0 Å². The molecule has 0 saturated heterocycles. The second kappa shape index (κ2) is 8.51. The van der Waals surface area contributed by atoms with Gasteiger partial charge < -0.3 is 10.1 Å². The number of carbonyl (C=O) groups excluding carboxylic acids is 1. The van der Waals surface area contributed by atoms with Crippen LogP contribution in [0, 0.1) is 5.92 Å². The number of esters is 1. The quantitative estimate of drug-likeness (QED) is 0.697. The average molecular weight is 241 g/mol. The lowest BCUT2D eigenvalue weighted by Gasteiger charge is -2.30. The van der Waals surface area contributed by atoms with Gasteiger partial charge >= 0.3 is 5.97 Å². The normalized spacial score (nSPS) is 18.9. The molecule has 0 aromatic heterocycles. The fraction of sp³-hybridized carbons (Fsp3) is 0.929. The summed E-state index contributed by atoms with van der Waals surface area (Å²) in [6.45, 7) is 5.52. The summed E-state index contributed by atoms with van der Waals surface area (Å²) in [5.41, 5.74) is 0. The van der Waals surface area contributed by atoms with Crippen molar-refractivity contribution in [2.45, 2.75) is 64.8 Å². The van der Waals surface area contributed by atoms with Crippen molar-refractivity contribution >= 4 is 5.97 Å². The molecule has 0 aromatic rings. The van der Waals surface area contributed by atoms with Gasteiger partial charge in [0.2, 0.25) is 0 Å². The first-order valence-electron chi connectivity index (χ1n) is 7.16. The third kappa shape index (κ3) is 5.53. The monoisotopic (exact) mass is 241 g/mol.